The first-order chi connectivity index (χ1) is 9.43. The molecule has 0 heterocycles. The van der Waals surface area contributed by atoms with E-state index in [0.29, 0.717) is 17.9 Å². The minimum absolute atomic E-state index is 0.0731. The van der Waals surface area contributed by atoms with Gasteiger partial charge in [0.1, 0.15) is 10.7 Å². The second kappa shape index (κ2) is 8.18. The molecule has 0 aromatic heterocycles. The summed E-state index contributed by atoms with van der Waals surface area (Å²) in [5.74, 6) is 0.251. The van der Waals surface area contributed by atoms with Crippen LogP contribution in [0.2, 0.25) is 0 Å². The molecule has 0 bridgehead atoms. The molecule has 20 heavy (non-hydrogen) atoms. The highest BCUT2D eigenvalue weighted by Gasteiger charge is 2.11. The summed E-state index contributed by atoms with van der Waals surface area (Å²) in [5, 5.41) is 2.75. The van der Waals surface area contributed by atoms with Crippen LogP contribution in [-0.2, 0) is 9.53 Å². The van der Waals surface area contributed by atoms with Gasteiger partial charge in [-0.2, -0.15) is 0 Å². The van der Waals surface area contributed by atoms with Crippen LogP contribution in [0, 0.1) is 0 Å². The molecule has 1 unspecified atom stereocenters. The van der Waals surface area contributed by atoms with Crippen LogP contribution in [0.3, 0.4) is 0 Å². The second-order valence-corrected chi connectivity index (χ2v) is 5.57. The topological polar surface area (TPSA) is 73.6 Å². The Morgan fingerprint density at radius 2 is 2.25 bits per heavy atom. The van der Waals surface area contributed by atoms with E-state index in [9.17, 15) is 4.79 Å². The van der Waals surface area contributed by atoms with E-state index >= 15 is 0 Å². The number of halogens is 1. The lowest BCUT2D eigenvalue weighted by atomic mass is 10.2. The molecule has 0 aliphatic rings. The van der Waals surface area contributed by atoms with Gasteiger partial charge in [0.25, 0.3) is 5.91 Å². The lowest BCUT2D eigenvalue weighted by Crippen LogP contribution is -2.38. The fraction of sp³-hybridized carbons (Fsp3) is 0.385. The molecule has 1 amide bonds. The van der Waals surface area contributed by atoms with E-state index in [2.05, 4.69) is 21.2 Å². The minimum atomic E-state index is -0.230. The first-order valence-electron chi connectivity index (χ1n) is 5.94. The van der Waals surface area contributed by atoms with Crippen molar-refractivity contribution in [1.82, 2.24) is 5.32 Å². The summed E-state index contributed by atoms with van der Waals surface area (Å²) in [7, 11) is 1.58. The number of methoxy groups -OCH3 is 1. The predicted octanol–water partition coefficient (Wildman–Crippen LogP) is 1.61. The van der Waals surface area contributed by atoms with Crippen LogP contribution in [0.5, 0.6) is 5.75 Å². The van der Waals surface area contributed by atoms with E-state index in [0.717, 1.165) is 4.47 Å². The fourth-order valence-electron chi connectivity index (χ4n) is 1.57. The molecule has 0 radical (unpaired) electrons. The number of hydrogen-bond acceptors (Lipinski definition) is 4. The van der Waals surface area contributed by atoms with E-state index in [-0.39, 0.29) is 23.5 Å². The summed E-state index contributed by atoms with van der Waals surface area (Å²) < 4.78 is 11.2. The molecule has 5 nitrogen and oxygen atoms in total. The molecule has 0 saturated carbocycles. The Hall–Kier alpha value is -1.18. The van der Waals surface area contributed by atoms with E-state index in [4.69, 9.17) is 27.4 Å². The van der Waals surface area contributed by atoms with Crippen LogP contribution in [0.25, 0.3) is 0 Å². The second-order valence-electron chi connectivity index (χ2n) is 4.22. The van der Waals surface area contributed by atoms with Crippen molar-refractivity contribution in [2.45, 2.75) is 13.0 Å². The number of thiocarbonyl (C=S) groups is 1. The van der Waals surface area contributed by atoms with Crippen LogP contribution in [-0.4, -0.2) is 37.3 Å². The van der Waals surface area contributed by atoms with Crippen molar-refractivity contribution >= 4 is 39.0 Å². The monoisotopic (exact) mass is 360 g/mol. The Balaban J connectivity index is 2.61. The lowest BCUT2D eigenvalue weighted by molar-refractivity contribution is -0.124. The number of benzene rings is 1. The molecular weight excluding hydrogens is 344 g/mol. The van der Waals surface area contributed by atoms with Gasteiger partial charge in [0.2, 0.25) is 0 Å². The Kier molecular flexibility index (Phi) is 6.90. The number of hydrogen-bond donors (Lipinski definition) is 2. The number of nitrogens with one attached hydrogen (secondary N) is 1. The molecule has 0 spiro atoms. The van der Waals surface area contributed by atoms with Gasteiger partial charge in [0.05, 0.1) is 12.2 Å². The van der Waals surface area contributed by atoms with Crippen molar-refractivity contribution in [1.29, 1.82) is 0 Å². The van der Waals surface area contributed by atoms with Crippen LogP contribution in [0.4, 0.5) is 0 Å². The molecule has 7 heteroatoms. The number of nitrogens with two attached hydrogens (primary N) is 1. The molecule has 0 saturated heterocycles. The van der Waals surface area contributed by atoms with E-state index < -0.39 is 0 Å². The highest BCUT2D eigenvalue weighted by Crippen LogP contribution is 2.23. The van der Waals surface area contributed by atoms with Gasteiger partial charge in [-0.3, -0.25) is 4.79 Å². The van der Waals surface area contributed by atoms with Crippen LogP contribution >= 0.6 is 28.1 Å². The van der Waals surface area contributed by atoms with Gasteiger partial charge in [-0.1, -0.05) is 28.1 Å². The van der Waals surface area contributed by atoms with Crippen molar-refractivity contribution in [2.75, 3.05) is 20.3 Å². The number of carbonyl (C=O) groups excluding carboxylic acids is 1. The van der Waals surface area contributed by atoms with Gasteiger partial charge < -0.3 is 20.5 Å². The first-order valence-corrected chi connectivity index (χ1v) is 7.14. The summed E-state index contributed by atoms with van der Waals surface area (Å²) in [4.78, 5) is 11.9. The summed E-state index contributed by atoms with van der Waals surface area (Å²) in [5.41, 5.74) is 6.21. The third kappa shape index (κ3) is 5.44. The Morgan fingerprint density at radius 3 is 2.85 bits per heavy atom. The van der Waals surface area contributed by atoms with Crippen molar-refractivity contribution in [3.63, 3.8) is 0 Å². The molecule has 1 aromatic carbocycles. The largest absolute Gasteiger partial charge is 0.483 e. The number of rotatable bonds is 7. The molecule has 1 aromatic rings. The highest BCUT2D eigenvalue weighted by molar-refractivity contribution is 9.10. The summed E-state index contributed by atoms with van der Waals surface area (Å²) in [6, 6.07) is 5.19. The van der Waals surface area contributed by atoms with E-state index in [1.165, 1.54) is 0 Å². The SMILES string of the molecule is COCC(C)NC(=O)COc1ccc(Br)cc1C(N)=S. The van der Waals surface area contributed by atoms with Crippen LogP contribution in [0.1, 0.15) is 12.5 Å². The Bertz CT molecular complexity index is 497. The van der Waals surface area contributed by atoms with Crippen LogP contribution in [0.15, 0.2) is 22.7 Å². The predicted molar refractivity (Wildman–Crippen MR) is 85.0 cm³/mol. The van der Waals surface area contributed by atoms with Crippen molar-refractivity contribution in [3.05, 3.63) is 28.2 Å². The molecule has 1 rings (SSSR count). The first kappa shape index (κ1) is 16.9. The average molecular weight is 361 g/mol. The fourth-order valence-corrected chi connectivity index (χ4v) is 2.09. The van der Waals surface area contributed by atoms with Gasteiger partial charge in [-0.05, 0) is 25.1 Å². The normalized spacial score (nSPS) is 11.8. The number of amides is 1. The molecule has 0 aliphatic carbocycles. The third-order valence-corrected chi connectivity index (χ3v) is 3.10. The number of ether oxygens (including phenoxy) is 2. The molecule has 110 valence electrons. The molecular formula is C13H17BrN2O3S. The molecule has 1 atom stereocenters. The zero-order valence-corrected chi connectivity index (χ0v) is 13.7. The summed E-state index contributed by atoms with van der Waals surface area (Å²) in [6.07, 6.45) is 0. The maximum absolute atomic E-state index is 11.7. The number of carbonyl (C=O) groups is 1. The zero-order chi connectivity index (χ0) is 15.1. The maximum atomic E-state index is 11.7. The van der Waals surface area contributed by atoms with Gasteiger partial charge >= 0.3 is 0 Å². The standard InChI is InChI=1S/C13H17BrN2O3S/c1-8(6-18-2)16-12(17)7-19-11-4-3-9(14)5-10(11)13(15)20/h3-5,8H,6-7H2,1-2H3,(H2,15,20)(H,16,17). The van der Waals surface area contributed by atoms with Gasteiger partial charge in [0, 0.05) is 17.6 Å². The van der Waals surface area contributed by atoms with Gasteiger partial charge in [0.15, 0.2) is 6.61 Å². The van der Waals surface area contributed by atoms with E-state index in [1.54, 1.807) is 25.3 Å². The quantitative estimate of drug-likeness (QED) is 0.722. The highest BCUT2D eigenvalue weighted by atomic mass is 79.9. The minimum Gasteiger partial charge on any atom is -0.483 e. The van der Waals surface area contributed by atoms with Gasteiger partial charge in [-0.15, -0.1) is 0 Å². The van der Waals surface area contributed by atoms with Crippen LogP contribution < -0.4 is 15.8 Å². The Labute approximate surface area is 131 Å². The Morgan fingerprint density at radius 1 is 1.55 bits per heavy atom. The lowest BCUT2D eigenvalue weighted by Gasteiger charge is -2.14. The maximum Gasteiger partial charge on any atom is 0.258 e. The van der Waals surface area contributed by atoms with Gasteiger partial charge in [-0.25, -0.2) is 0 Å². The molecule has 3 N–H and O–H groups in total. The van der Waals surface area contributed by atoms with Crippen molar-refractivity contribution in [3.8, 4) is 5.75 Å². The smallest absolute Gasteiger partial charge is 0.258 e. The van der Waals surface area contributed by atoms with Crippen molar-refractivity contribution < 1.29 is 14.3 Å². The average Bonchev–Trinajstić information content (AvgIpc) is 2.37. The molecule has 0 aliphatic heterocycles. The summed E-state index contributed by atoms with van der Waals surface area (Å²) in [6.45, 7) is 2.19. The third-order valence-electron chi connectivity index (χ3n) is 2.39. The zero-order valence-electron chi connectivity index (χ0n) is 11.3. The van der Waals surface area contributed by atoms with E-state index in [1.807, 2.05) is 6.92 Å². The summed E-state index contributed by atoms with van der Waals surface area (Å²) >= 11 is 8.28. The molecule has 0 fully saturated rings. The van der Waals surface area contributed by atoms with Crippen molar-refractivity contribution in [2.24, 2.45) is 5.73 Å².